The summed E-state index contributed by atoms with van der Waals surface area (Å²) in [4.78, 5) is 30.6. The molecular formula is C21H18BrClN4O2. The van der Waals surface area contributed by atoms with Crippen LogP contribution in [0, 0.1) is 6.92 Å². The fourth-order valence-electron chi connectivity index (χ4n) is 3.30. The molecule has 148 valence electrons. The maximum atomic E-state index is 13.3. The molecule has 0 N–H and O–H groups in total. The van der Waals surface area contributed by atoms with E-state index < -0.39 is 5.69 Å². The molecule has 8 heteroatoms. The normalized spacial score (nSPS) is 11.3. The number of fused-ring (bicyclic) bond motifs is 1. The average Bonchev–Trinajstić information content (AvgIpc) is 3.03. The summed E-state index contributed by atoms with van der Waals surface area (Å²) in [6, 6.07) is 15.2. The lowest BCUT2D eigenvalue weighted by atomic mass is 10.1. The number of halogens is 2. The molecular weight excluding hydrogens is 456 g/mol. The molecule has 0 radical (unpaired) electrons. The van der Waals surface area contributed by atoms with E-state index in [-0.39, 0.29) is 12.1 Å². The summed E-state index contributed by atoms with van der Waals surface area (Å²) in [5.74, 6) is 0. The van der Waals surface area contributed by atoms with E-state index in [1.165, 1.54) is 9.13 Å². The molecule has 4 rings (SSSR count). The molecule has 0 aliphatic rings. The molecule has 6 nitrogen and oxygen atoms in total. The van der Waals surface area contributed by atoms with E-state index in [1.807, 2.05) is 49.4 Å². The quantitative estimate of drug-likeness (QED) is 0.425. The fraction of sp³-hybridized carbons (Fsp3) is 0.190. The standard InChI is InChI=1S/C21H18BrClN4O2/c1-13-7-9-14(10-8-13)11-27-19(28)17-18(25(2)21(27)29)24-20(22)26(17)12-15-5-3-4-6-16(15)23/h3-10H,11-12H2,1-2H3. The van der Waals surface area contributed by atoms with Gasteiger partial charge in [-0.1, -0.05) is 59.6 Å². The molecule has 0 saturated carbocycles. The lowest BCUT2D eigenvalue weighted by molar-refractivity contribution is 0.653. The van der Waals surface area contributed by atoms with E-state index in [2.05, 4.69) is 20.9 Å². The molecule has 2 aromatic heterocycles. The Hall–Kier alpha value is -2.64. The summed E-state index contributed by atoms with van der Waals surface area (Å²) in [5, 5.41) is 0.603. The van der Waals surface area contributed by atoms with Crippen LogP contribution in [0.2, 0.25) is 5.02 Å². The van der Waals surface area contributed by atoms with Crippen LogP contribution < -0.4 is 11.2 Å². The zero-order valence-corrected chi connectivity index (χ0v) is 18.2. The monoisotopic (exact) mass is 472 g/mol. The SMILES string of the molecule is Cc1ccc(Cn2c(=O)c3c(nc(Br)n3Cc3ccccc3Cl)n(C)c2=O)cc1. The molecule has 0 bridgehead atoms. The number of hydrogen-bond acceptors (Lipinski definition) is 3. The molecule has 0 atom stereocenters. The lowest BCUT2D eigenvalue weighted by Gasteiger charge is -2.11. The van der Waals surface area contributed by atoms with Gasteiger partial charge in [0.25, 0.3) is 5.56 Å². The molecule has 0 aliphatic heterocycles. The van der Waals surface area contributed by atoms with Gasteiger partial charge in [0.15, 0.2) is 15.9 Å². The van der Waals surface area contributed by atoms with Gasteiger partial charge in [0.2, 0.25) is 0 Å². The zero-order chi connectivity index (χ0) is 20.7. The minimum Gasteiger partial charge on any atom is -0.308 e. The van der Waals surface area contributed by atoms with Gasteiger partial charge in [-0.15, -0.1) is 0 Å². The van der Waals surface area contributed by atoms with Gasteiger partial charge in [-0.05, 0) is 40.0 Å². The van der Waals surface area contributed by atoms with E-state index in [0.717, 1.165) is 16.7 Å². The van der Waals surface area contributed by atoms with Crippen molar-refractivity contribution in [2.45, 2.75) is 20.0 Å². The summed E-state index contributed by atoms with van der Waals surface area (Å²) in [6.07, 6.45) is 0. The van der Waals surface area contributed by atoms with Gasteiger partial charge < -0.3 is 4.57 Å². The van der Waals surface area contributed by atoms with Crippen molar-refractivity contribution < 1.29 is 0 Å². The van der Waals surface area contributed by atoms with Gasteiger partial charge in [0.1, 0.15) is 0 Å². The fourth-order valence-corrected chi connectivity index (χ4v) is 3.97. The lowest BCUT2D eigenvalue weighted by Crippen LogP contribution is -2.40. The first-order valence-electron chi connectivity index (χ1n) is 9.01. The number of aromatic nitrogens is 4. The van der Waals surface area contributed by atoms with E-state index in [9.17, 15) is 9.59 Å². The molecule has 0 saturated heterocycles. The minimum absolute atomic E-state index is 0.191. The first kappa shape index (κ1) is 19.7. The summed E-state index contributed by atoms with van der Waals surface area (Å²) < 4.78 is 4.85. The van der Waals surface area contributed by atoms with Gasteiger partial charge in [0.05, 0.1) is 13.1 Å². The Bertz CT molecular complexity index is 1340. The van der Waals surface area contributed by atoms with Crippen LogP contribution in [-0.4, -0.2) is 18.7 Å². The maximum Gasteiger partial charge on any atom is 0.332 e. The molecule has 0 fully saturated rings. The van der Waals surface area contributed by atoms with Gasteiger partial charge in [0, 0.05) is 12.1 Å². The van der Waals surface area contributed by atoms with Crippen molar-refractivity contribution in [2.75, 3.05) is 0 Å². The maximum absolute atomic E-state index is 13.3. The van der Waals surface area contributed by atoms with Crippen LogP contribution in [0.25, 0.3) is 11.2 Å². The Kier molecular flexibility index (Phi) is 5.19. The predicted molar refractivity (Wildman–Crippen MR) is 118 cm³/mol. The van der Waals surface area contributed by atoms with Crippen molar-refractivity contribution in [3.8, 4) is 0 Å². The van der Waals surface area contributed by atoms with Crippen molar-refractivity contribution in [1.82, 2.24) is 18.7 Å². The van der Waals surface area contributed by atoms with Crippen LogP contribution in [0.15, 0.2) is 62.9 Å². The van der Waals surface area contributed by atoms with E-state index in [1.54, 1.807) is 17.7 Å². The first-order valence-corrected chi connectivity index (χ1v) is 10.2. The largest absolute Gasteiger partial charge is 0.332 e. The molecule has 4 aromatic rings. The van der Waals surface area contributed by atoms with Crippen molar-refractivity contribution in [2.24, 2.45) is 7.05 Å². The molecule has 0 aliphatic carbocycles. The summed E-state index contributed by atoms with van der Waals surface area (Å²) in [7, 11) is 1.62. The van der Waals surface area contributed by atoms with Gasteiger partial charge in [-0.25, -0.2) is 9.78 Å². The van der Waals surface area contributed by atoms with Crippen LogP contribution in [0.3, 0.4) is 0 Å². The second-order valence-electron chi connectivity index (χ2n) is 6.95. The van der Waals surface area contributed by atoms with Crippen LogP contribution in [-0.2, 0) is 20.1 Å². The molecule has 0 amide bonds. The number of benzene rings is 2. The highest BCUT2D eigenvalue weighted by atomic mass is 79.9. The summed E-state index contributed by atoms with van der Waals surface area (Å²) in [6.45, 7) is 2.54. The van der Waals surface area contributed by atoms with E-state index >= 15 is 0 Å². The average molecular weight is 474 g/mol. The third-order valence-electron chi connectivity index (χ3n) is 4.93. The summed E-state index contributed by atoms with van der Waals surface area (Å²) >= 11 is 9.73. The smallest absolute Gasteiger partial charge is 0.308 e. The highest BCUT2D eigenvalue weighted by molar-refractivity contribution is 9.10. The van der Waals surface area contributed by atoms with Crippen LogP contribution in [0.1, 0.15) is 16.7 Å². The van der Waals surface area contributed by atoms with Gasteiger partial charge >= 0.3 is 5.69 Å². The molecule has 0 spiro atoms. The third kappa shape index (κ3) is 3.56. The molecule has 29 heavy (non-hydrogen) atoms. The van der Waals surface area contributed by atoms with Crippen molar-refractivity contribution in [3.05, 3.63) is 95.8 Å². The zero-order valence-electron chi connectivity index (χ0n) is 15.9. The van der Waals surface area contributed by atoms with Crippen LogP contribution in [0.5, 0.6) is 0 Å². The van der Waals surface area contributed by atoms with Crippen LogP contribution >= 0.6 is 27.5 Å². The van der Waals surface area contributed by atoms with E-state index in [4.69, 9.17) is 11.6 Å². The Morgan fingerprint density at radius 3 is 2.38 bits per heavy atom. The highest BCUT2D eigenvalue weighted by Crippen LogP contribution is 2.22. The number of imidazole rings is 1. The number of aryl methyl sites for hydroxylation is 2. The van der Waals surface area contributed by atoms with Crippen LogP contribution in [0.4, 0.5) is 0 Å². The van der Waals surface area contributed by atoms with E-state index in [0.29, 0.717) is 27.5 Å². The minimum atomic E-state index is -0.405. The van der Waals surface area contributed by atoms with Gasteiger partial charge in [-0.3, -0.25) is 13.9 Å². The second kappa shape index (κ2) is 7.65. The topological polar surface area (TPSA) is 61.8 Å². The van der Waals surface area contributed by atoms with Gasteiger partial charge in [-0.2, -0.15) is 0 Å². The second-order valence-corrected chi connectivity index (χ2v) is 8.07. The Balaban J connectivity index is 1.90. The Morgan fingerprint density at radius 2 is 1.69 bits per heavy atom. The third-order valence-corrected chi connectivity index (χ3v) is 5.91. The first-order chi connectivity index (χ1) is 13.9. The number of hydrogen-bond donors (Lipinski definition) is 0. The Labute approximate surface area is 180 Å². The Morgan fingerprint density at radius 1 is 1.00 bits per heavy atom. The molecule has 2 heterocycles. The predicted octanol–water partition coefficient (Wildman–Crippen LogP) is 3.72. The number of nitrogens with zero attached hydrogens (tertiary/aromatic N) is 4. The molecule has 0 unspecified atom stereocenters. The van der Waals surface area contributed by atoms with Crippen molar-refractivity contribution in [3.63, 3.8) is 0 Å². The number of rotatable bonds is 4. The highest BCUT2D eigenvalue weighted by Gasteiger charge is 2.20. The van der Waals surface area contributed by atoms with Crippen molar-refractivity contribution in [1.29, 1.82) is 0 Å². The summed E-state index contributed by atoms with van der Waals surface area (Å²) in [5.41, 5.74) is 2.75. The van der Waals surface area contributed by atoms with Crippen molar-refractivity contribution >= 4 is 38.7 Å². The molecule has 2 aromatic carbocycles.